The number of nitrogens with one attached hydrogen (secondary N) is 1. The van der Waals surface area contributed by atoms with Gasteiger partial charge in [0.2, 0.25) is 0 Å². The van der Waals surface area contributed by atoms with Crippen LogP contribution in [0.4, 0.5) is 4.39 Å². The second-order valence-electron chi connectivity index (χ2n) is 4.67. The molecule has 0 aliphatic heterocycles. The van der Waals surface area contributed by atoms with Crippen LogP contribution in [0.5, 0.6) is 5.75 Å². The van der Waals surface area contributed by atoms with Gasteiger partial charge in [-0.25, -0.2) is 4.39 Å². The molecule has 1 heterocycles. The highest BCUT2D eigenvalue weighted by molar-refractivity contribution is 5.32. The normalized spacial score (nSPS) is 12.4. The highest BCUT2D eigenvalue weighted by atomic mass is 19.1. The monoisotopic (exact) mass is 278 g/mol. The number of methoxy groups -OCH3 is 1. The Morgan fingerprint density at radius 2 is 2.30 bits per heavy atom. The molecule has 0 saturated carbocycles. The third-order valence-electron chi connectivity index (χ3n) is 3.26. The summed E-state index contributed by atoms with van der Waals surface area (Å²) in [7, 11) is 3.33. The quantitative estimate of drug-likeness (QED) is 0.623. The molecule has 20 heavy (non-hydrogen) atoms. The van der Waals surface area contributed by atoms with E-state index in [1.807, 2.05) is 19.4 Å². The minimum Gasteiger partial charge on any atom is -0.494 e. The van der Waals surface area contributed by atoms with Gasteiger partial charge in [-0.2, -0.15) is 5.10 Å². The zero-order valence-electron chi connectivity index (χ0n) is 11.6. The maximum absolute atomic E-state index is 13.4. The first-order valence-corrected chi connectivity index (χ1v) is 6.41. The molecule has 0 amide bonds. The predicted molar refractivity (Wildman–Crippen MR) is 74.5 cm³/mol. The average molecular weight is 278 g/mol. The lowest BCUT2D eigenvalue weighted by Gasteiger charge is -2.17. The van der Waals surface area contributed by atoms with Gasteiger partial charge in [-0.3, -0.25) is 16.0 Å². The Bertz CT molecular complexity index is 570. The molecule has 0 fully saturated rings. The Labute approximate surface area is 117 Å². The first kappa shape index (κ1) is 14.5. The molecular formula is C14H19FN4O. The van der Waals surface area contributed by atoms with Crippen LogP contribution in [0, 0.1) is 5.82 Å². The summed E-state index contributed by atoms with van der Waals surface area (Å²) >= 11 is 0. The molecule has 1 unspecified atom stereocenters. The number of hydrogen-bond donors (Lipinski definition) is 2. The topological polar surface area (TPSA) is 65.1 Å². The summed E-state index contributed by atoms with van der Waals surface area (Å²) in [6, 6.07) is 4.71. The molecule has 0 radical (unpaired) electrons. The van der Waals surface area contributed by atoms with Gasteiger partial charge >= 0.3 is 0 Å². The molecule has 108 valence electrons. The fourth-order valence-electron chi connectivity index (χ4n) is 2.15. The number of nitrogens with zero attached hydrogens (tertiary/aromatic N) is 2. The molecule has 0 bridgehead atoms. The lowest BCUT2D eigenvalue weighted by atomic mass is 10.0. The van der Waals surface area contributed by atoms with Crippen LogP contribution in [0.1, 0.15) is 23.6 Å². The molecule has 5 nitrogen and oxygen atoms in total. The van der Waals surface area contributed by atoms with Gasteiger partial charge < -0.3 is 4.74 Å². The van der Waals surface area contributed by atoms with Crippen LogP contribution in [0.15, 0.2) is 30.6 Å². The fraction of sp³-hybridized carbons (Fsp3) is 0.357. The van der Waals surface area contributed by atoms with Gasteiger partial charge in [0.25, 0.3) is 0 Å². The van der Waals surface area contributed by atoms with E-state index in [1.54, 1.807) is 16.8 Å². The summed E-state index contributed by atoms with van der Waals surface area (Å²) in [5.41, 5.74) is 4.80. The van der Waals surface area contributed by atoms with Crippen LogP contribution in [0.25, 0.3) is 0 Å². The van der Waals surface area contributed by atoms with Crippen LogP contribution >= 0.6 is 0 Å². The molecule has 1 aromatic carbocycles. The summed E-state index contributed by atoms with van der Waals surface area (Å²) in [6.45, 7) is 0. The van der Waals surface area contributed by atoms with Gasteiger partial charge in [0.15, 0.2) is 11.6 Å². The molecular weight excluding hydrogens is 259 g/mol. The van der Waals surface area contributed by atoms with E-state index in [2.05, 4.69) is 10.5 Å². The Hall–Kier alpha value is -1.92. The number of ether oxygens (including phenoxy) is 1. The van der Waals surface area contributed by atoms with Crippen molar-refractivity contribution < 1.29 is 9.13 Å². The van der Waals surface area contributed by atoms with Crippen LogP contribution in [0.2, 0.25) is 0 Å². The van der Waals surface area contributed by atoms with E-state index < -0.39 is 0 Å². The smallest absolute Gasteiger partial charge is 0.165 e. The number of rotatable bonds is 6. The molecule has 1 atom stereocenters. The summed E-state index contributed by atoms with van der Waals surface area (Å²) in [6.07, 6.45) is 5.43. The standard InChI is InChI=1S/C14H19FN4O/c1-19-9-10(8-17-19)3-6-13(18-16)11-4-5-12(15)14(7-11)20-2/h4-5,7-9,13,18H,3,6,16H2,1-2H3. The highest BCUT2D eigenvalue weighted by Gasteiger charge is 2.13. The van der Waals surface area contributed by atoms with E-state index in [0.717, 1.165) is 24.0 Å². The second kappa shape index (κ2) is 6.49. The van der Waals surface area contributed by atoms with Crippen molar-refractivity contribution in [3.8, 4) is 5.75 Å². The number of aryl methyl sites for hydroxylation is 2. The van der Waals surface area contributed by atoms with E-state index >= 15 is 0 Å². The lowest BCUT2D eigenvalue weighted by molar-refractivity contribution is 0.384. The Morgan fingerprint density at radius 3 is 2.90 bits per heavy atom. The molecule has 3 N–H and O–H groups in total. The molecule has 6 heteroatoms. The maximum atomic E-state index is 13.4. The Balaban J connectivity index is 2.07. The number of aromatic nitrogens is 2. The molecule has 2 rings (SSSR count). The number of hydrazine groups is 1. The van der Waals surface area contributed by atoms with Crippen molar-refractivity contribution in [3.05, 3.63) is 47.5 Å². The summed E-state index contributed by atoms with van der Waals surface area (Å²) < 4.78 is 20.2. The lowest BCUT2D eigenvalue weighted by Crippen LogP contribution is -2.28. The molecule has 0 aliphatic rings. The van der Waals surface area contributed by atoms with Gasteiger partial charge in [0.05, 0.1) is 13.3 Å². The minimum atomic E-state index is -0.376. The summed E-state index contributed by atoms with van der Waals surface area (Å²) in [5, 5.41) is 4.13. The predicted octanol–water partition coefficient (Wildman–Crippen LogP) is 1.70. The number of benzene rings is 1. The zero-order valence-corrected chi connectivity index (χ0v) is 11.6. The maximum Gasteiger partial charge on any atom is 0.165 e. The van der Waals surface area contributed by atoms with E-state index in [-0.39, 0.29) is 17.6 Å². The molecule has 0 saturated heterocycles. The van der Waals surface area contributed by atoms with E-state index in [1.165, 1.54) is 13.2 Å². The average Bonchev–Trinajstić information content (AvgIpc) is 2.86. The van der Waals surface area contributed by atoms with Crippen molar-refractivity contribution in [2.24, 2.45) is 12.9 Å². The molecule has 1 aromatic heterocycles. The van der Waals surface area contributed by atoms with Crippen molar-refractivity contribution in [1.29, 1.82) is 0 Å². The summed E-state index contributed by atoms with van der Waals surface area (Å²) in [4.78, 5) is 0. The first-order valence-electron chi connectivity index (χ1n) is 6.41. The highest BCUT2D eigenvalue weighted by Crippen LogP contribution is 2.25. The first-order chi connectivity index (χ1) is 9.63. The van der Waals surface area contributed by atoms with Gasteiger partial charge in [-0.1, -0.05) is 6.07 Å². The van der Waals surface area contributed by atoms with Gasteiger partial charge in [-0.05, 0) is 36.1 Å². The minimum absolute atomic E-state index is 0.0651. The largest absolute Gasteiger partial charge is 0.494 e. The zero-order chi connectivity index (χ0) is 14.5. The van der Waals surface area contributed by atoms with Gasteiger partial charge in [0.1, 0.15) is 0 Å². The van der Waals surface area contributed by atoms with Crippen molar-refractivity contribution >= 4 is 0 Å². The van der Waals surface area contributed by atoms with E-state index in [9.17, 15) is 4.39 Å². The molecule has 2 aromatic rings. The molecule has 0 aliphatic carbocycles. The van der Waals surface area contributed by atoms with Crippen molar-refractivity contribution in [1.82, 2.24) is 15.2 Å². The third kappa shape index (κ3) is 3.34. The van der Waals surface area contributed by atoms with Crippen LogP contribution in [-0.4, -0.2) is 16.9 Å². The number of hydrogen-bond acceptors (Lipinski definition) is 4. The Morgan fingerprint density at radius 1 is 1.50 bits per heavy atom. The number of halogens is 1. The number of nitrogens with two attached hydrogens (primary N) is 1. The van der Waals surface area contributed by atoms with E-state index in [0.29, 0.717) is 0 Å². The van der Waals surface area contributed by atoms with Crippen molar-refractivity contribution in [2.75, 3.05) is 7.11 Å². The molecule has 0 spiro atoms. The summed E-state index contributed by atoms with van der Waals surface area (Å²) in [5.74, 6) is 5.45. The van der Waals surface area contributed by atoms with Crippen LogP contribution in [-0.2, 0) is 13.5 Å². The van der Waals surface area contributed by atoms with Crippen LogP contribution in [0.3, 0.4) is 0 Å². The van der Waals surface area contributed by atoms with Gasteiger partial charge in [-0.15, -0.1) is 0 Å². The third-order valence-corrected chi connectivity index (χ3v) is 3.26. The van der Waals surface area contributed by atoms with E-state index in [4.69, 9.17) is 10.6 Å². The SMILES string of the molecule is COc1cc(C(CCc2cnn(C)c2)NN)ccc1F. The fourth-order valence-corrected chi connectivity index (χ4v) is 2.15. The Kier molecular flexibility index (Phi) is 4.70. The second-order valence-corrected chi connectivity index (χ2v) is 4.67. The van der Waals surface area contributed by atoms with Crippen molar-refractivity contribution in [2.45, 2.75) is 18.9 Å². The van der Waals surface area contributed by atoms with Gasteiger partial charge in [0, 0.05) is 19.3 Å². The van der Waals surface area contributed by atoms with Crippen LogP contribution < -0.4 is 16.0 Å². The van der Waals surface area contributed by atoms with Crippen molar-refractivity contribution in [3.63, 3.8) is 0 Å².